The molecule has 3 atom stereocenters. The summed E-state index contributed by atoms with van der Waals surface area (Å²) in [6.07, 6.45) is 8.63. The van der Waals surface area contributed by atoms with E-state index in [1.54, 1.807) is 0 Å². The number of hydrogen-bond donors (Lipinski definition) is 2. The van der Waals surface area contributed by atoms with Crippen molar-refractivity contribution in [3.05, 3.63) is 42.2 Å². The molecule has 8 heteroatoms. The summed E-state index contributed by atoms with van der Waals surface area (Å²) in [5.74, 6) is -1.13. The molecule has 0 spiro atoms. The Kier molecular flexibility index (Phi) is 4.72. The number of H-pyrrole nitrogens is 1. The fraction of sp³-hybridized carbons (Fsp3) is 0.458. The average molecular weight is 440 g/mol. The highest BCUT2D eigenvalue weighted by atomic mass is 19.1. The first kappa shape index (κ1) is 20.8. The number of fused-ring (bicyclic) bond motifs is 2. The molecule has 2 saturated carbocycles. The Labute approximate surface area is 185 Å². The van der Waals surface area contributed by atoms with Crippen LogP contribution in [0.4, 0.5) is 14.6 Å². The van der Waals surface area contributed by atoms with E-state index in [2.05, 4.69) is 34.2 Å². The lowest BCUT2D eigenvalue weighted by atomic mass is 9.68. The quantitative estimate of drug-likeness (QED) is 0.576. The zero-order valence-electron chi connectivity index (χ0n) is 18.5. The highest BCUT2D eigenvalue weighted by Gasteiger charge is 2.50. The van der Waals surface area contributed by atoms with Gasteiger partial charge in [0.25, 0.3) is 0 Å². The Balaban J connectivity index is 1.43. The number of phenols is 1. The van der Waals surface area contributed by atoms with Gasteiger partial charge < -0.3 is 10.0 Å². The van der Waals surface area contributed by atoms with Gasteiger partial charge in [-0.2, -0.15) is 5.10 Å². The Morgan fingerprint density at radius 1 is 1.03 bits per heavy atom. The van der Waals surface area contributed by atoms with Crippen LogP contribution in [-0.2, 0) is 0 Å². The van der Waals surface area contributed by atoms with Gasteiger partial charge in [-0.15, -0.1) is 10.2 Å². The van der Waals surface area contributed by atoms with E-state index < -0.39 is 11.6 Å². The number of anilines is 1. The molecule has 0 radical (unpaired) electrons. The highest BCUT2D eigenvalue weighted by Crippen LogP contribution is 2.58. The van der Waals surface area contributed by atoms with E-state index >= 15 is 4.39 Å². The van der Waals surface area contributed by atoms with Crippen LogP contribution in [0.1, 0.15) is 46.0 Å². The third-order valence-electron chi connectivity index (χ3n) is 7.42. The van der Waals surface area contributed by atoms with Crippen LogP contribution in [0, 0.1) is 22.5 Å². The monoisotopic (exact) mass is 439 g/mol. The van der Waals surface area contributed by atoms with E-state index in [-0.39, 0.29) is 45.3 Å². The predicted octanol–water partition coefficient (Wildman–Crippen LogP) is 5.31. The minimum atomic E-state index is -0.568. The van der Waals surface area contributed by atoms with Crippen molar-refractivity contribution in [3.63, 3.8) is 0 Å². The van der Waals surface area contributed by atoms with Crippen molar-refractivity contribution in [2.75, 3.05) is 11.9 Å². The fourth-order valence-corrected chi connectivity index (χ4v) is 5.94. The van der Waals surface area contributed by atoms with Gasteiger partial charge in [0.05, 0.1) is 11.9 Å². The van der Waals surface area contributed by atoms with Crippen molar-refractivity contribution in [3.8, 4) is 28.1 Å². The first-order valence-electron chi connectivity index (χ1n) is 10.9. The van der Waals surface area contributed by atoms with Crippen LogP contribution in [0.3, 0.4) is 0 Å². The summed E-state index contributed by atoms with van der Waals surface area (Å²) < 4.78 is 29.8. The lowest BCUT2D eigenvalue weighted by molar-refractivity contribution is 0.147. The van der Waals surface area contributed by atoms with Gasteiger partial charge in [0, 0.05) is 42.0 Å². The summed E-state index contributed by atoms with van der Waals surface area (Å²) in [7, 11) is 1.87. The Hall–Kier alpha value is -3.03. The summed E-state index contributed by atoms with van der Waals surface area (Å²) >= 11 is 0. The molecule has 168 valence electrons. The third kappa shape index (κ3) is 3.51. The second-order valence-corrected chi connectivity index (χ2v) is 10.2. The number of hydrogen-bond acceptors (Lipinski definition) is 5. The van der Waals surface area contributed by atoms with E-state index in [9.17, 15) is 9.50 Å². The van der Waals surface area contributed by atoms with Crippen LogP contribution in [0.25, 0.3) is 22.4 Å². The van der Waals surface area contributed by atoms with E-state index in [0.717, 1.165) is 18.9 Å². The van der Waals surface area contributed by atoms with Crippen molar-refractivity contribution in [2.45, 2.75) is 52.0 Å². The van der Waals surface area contributed by atoms with Gasteiger partial charge in [0.15, 0.2) is 11.6 Å². The number of aromatic amines is 1. The smallest absolute Gasteiger partial charge is 0.187 e. The average Bonchev–Trinajstić information content (AvgIpc) is 3.34. The molecule has 2 fully saturated rings. The molecular formula is C24H27F2N5O. The maximum Gasteiger partial charge on any atom is 0.187 e. The molecule has 0 unspecified atom stereocenters. The molecule has 0 aliphatic heterocycles. The first-order chi connectivity index (χ1) is 15.2. The molecule has 5 rings (SSSR count). The van der Waals surface area contributed by atoms with Gasteiger partial charge in [0.2, 0.25) is 0 Å². The van der Waals surface area contributed by atoms with Crippen LogP contribution in [0.15, 0.2) is 30.6 Å². The van der Waals surface area contributed by atoms with Crippen molar-refractivity contribution < 1.29 is 13.9 Å². The number of nitrogens with zero attached hydrogens (tertiary/aromatic N) is 4. The topological polar surface area (TPSA) is 77.9 Å². The molecule has 2 aliphatic carbocycles. The fourth-order valence-electron chi connectivity index (χ4n) is 5.94. The highest BCUT2D eigenvalue weighted by molar-refractivity contribution is 5.74. The summed E-state index contributed by atoms with van der Waals surface area (Å²) in [6.45, 7) is 4.65. The van der Waals surface area contributed by atoms with Crippen LogP contribution in [0.5, 0.6) is 5.75 Å². The van der Waals surface area contributed by atoms with Gasteiger partial charge >= 0.3 is 0 Å². The van der Waals surface area contributed by atoms with Crippen molar-refractivity contribution >= 4 is 5.82 Å². The predicted molar refractivity (Wildman–Crippen MR) is 118 cm³/mol. The molecule has 3 aromatic rings. The molecule has 32 heavy (non-hydrogen) atoms. The molecule has 2 N–H and O–H groups in total. The number of nitrogens with one attached hydrogen (secondary N) is 1. The number of aromatic hydroxyl groups is 1. The number of benzene rings is 1. The zero-order valence-corrected chi connectivity index (χ0v) is 18.5. The normalized spacial score (nSPS) is 27.0. The summed E-state index contributed by atoms with van der Waals surface area (Å²) in [5.41, 5.74) is 1.44. The number of rotatable bonds is 4. The molecule has 2 aromatic heterocycles. The Morgan fingerprint density at radius 2 is 1.75 bits per heavy atom. The van der Waals surface area contributed by atoms with E-state index in [0.29, 0.717) is 5.56 Å². The van der Waals surface area contributed by atoms with Crippen LogP contribution < -0.4 is 4.90 Å². The van der Waals surface area contributed by atoms with Crippen molar-refractivity contribution in [2.24, 2.45) is 10.8 Å². The van der Waals surface area contributed by atoms with Crippen molar-refractivity contribution in [1.82, 2.24) is 20.4 Å². The molecular weight excluding hydrogens is 412 g/mol. The minimum absolute atomic E-state index is 0.0810. The van der Waals surface area contributed by atoms with Crippen LogP contribution >= 0.6 is 0 Å². The summed E-state index contributed by atoms with van der Waals surface area (Å²) in [5, 5.41) is 25.1. The molecule has 1 aromatic carbocycles. The molecule has 0 amide bonds. The first-order valence-corrected chi connectivity index (χ1v) is 10.9. The Morgan fingerprint density at radius 3 is 2.38 bits per heavy atom. The Bertz CT molecular complexity index is 1150. The molecule has 6 nitrogen and oxygen atoms in total. The second-order valence-electron chi connectivity index (χ2n) is 10.2. The molecule has 2 heterocycles. The summed E-state index contributed by atoms with van der Waals surface area (Å²) in [4.78, 5) is 1.90. The van der Waals surface area contributed by atoms with Gasteiger partial charge in [-0.3, -0.25) is 5.10 Å². The zero-order chi connectivity index (χ0) is 22.7. The standard InChI is InChI=1S/C24H27F2N5O/c1-23-4-5-24(2,13-23)10-15(9-23)31(3)22-19(26)8-20(29-30-22)17-6-18(25)16(7-21(17)32)14-11-27-28-12-14/h6-8,11-12,15,32H,4-5,9-10,13H2,1-3H3,(H,27,28)/t15-,23-,24+. The van der Waals surface area contributed by atoms with E-state index in [1.807, 2.05) is 11.9 Å². The number of phenolic OH excluding ortho intramolecular Hbond substituents is 1. The van der Waals surface area contributed by atoms with Crippen molar-refractivity contribution in [1.29, 1.82) is 0 Å². The molecule has 2 aliphatic rings. The van der Waals surface area contributed by atoms with Gasteiger partial charge in [-0.25, -0.2) is 8.78 Å². The maximum absolute atomic E-state index is 15.1. The molecule has 0 saturated heterocycles. The van der Waals surface area contributed by atoms with Gasteiger partial charge in [-0.05, 0) is 55.1 Å². The number of halogens is 2. The largest absolute Gasteiger partial charge is 0.507 e. The lowest BCUT2D eigenvalue weighted by Crippen LogP contribution is -2.43. The van der Waals surface area contributed by atoms with Crippen LogP contribution in [-0.4, -0.2) is 38.6 Å². The SMILES string of the molecule is CN(c1nnc(-c2cc(F)c(-c3cn[nH]c3)cc2O)cc1F)[C@H]1C[C@]2(C)CC[C@](C)(C1)C2. The third-order valence-corrected chi connectivity index (χ3v) is 7.42. The van der Waals surface area contributed by atoms with E-state index in [4.69, 9.17) is 0 Å². The minimum Gasteiger partial charge on any atom is -0.507 e. The van der Waals surface area contributed by atoms with Crippen LogP contribution in [0.2, 0.25) is 0 Å². The van der Waals surface area contributed by atoms with Gasteiger partial charge in [-0.1, -0.05) is 13.8 Å². The lowest BCUT2D eigenvalue weighted by Gasteiger charge is -2.44. The van der Waals surface area contributed by atoms with Gasteiger partial charge in [0.1, 0.15) is 11.6 Å². The maximum atomic E-state index is 15.1. The summed E-state index contributed by atoms with van der Waals surface area (Å²) in [6, 6.07) is 3.83. The number of aromatic nitrogens is 4. The van der Waals surface area contributed by atoms with E-state index in [1.165, 1.54) is 43.8 Å². The second kappa shape index (κ2) is 7.25. The molecule has 2 bridgehead atoms.